The van der Waals surface area contributed by atoms with Crippen molar-refractivity contribution in [2.75, 3.05) is 13.2 Å². The van der Waals surface area contributed by atoms with Crippen LogP contribution in [0.5, 0.6) is 0 Å². The van der Waals surface area contributed by atoms with E-state index in [-0.39, 0.29) is 34.8 Å². The van der Waals surface area contributed by atoms with Crippen molar-refractivity contribution in [3.05, 3.63) is 40.3 Å². The molecule has 0 fully saturated rings. The van der Waals surface area contributed by atoms with Gasteiger partial charge in [-0.25, -0.2) is 9.77 Å². The van der Waals surface area contributed by atoms with Crippen LogP contribution in [0.2, 0.25) is 0 Å². The molecule has 0 radical (unpaired) electrons. The van der Waals surface area contributed by atoms with Gasteiger partial charge in [-0.2, -0.15) is 4.79 Å². The average Bonchev–Trinajstić information content (AvgIpc) is 2.40. The molecule has 8 nitrogen and oxygen atoms in total. The summed E-state index contributed by atoms with van der Waals surface area (Å²) in [7, 11) is -3.74. The minimum atomic E-state index is -3.74. The van der Waals surface area contributed by atoms with Gasteiger partial charge in [0.15, 0.2) is 0 Å². The monoisotopic (exact) mass is 300 g/mol. The predicted octanol–water partition coefficient (Wildman–Crippen LogP) is 2.73. The van der Waals surface area contributed by atoms with E-state index < -0.39 is 7.60 Å². The fourth-order valence-electron chi connectivity index (χ4n) is 1.51. The Balaban J connectivity index is 3.21. The molecule has 1 rings (SSSR count). The molecule has 108 valence electrons. The van der Waals surface area contributed by atoms with Crippen LogP contribution in [0.25, 0.3) is 5.53 Å². The second-order valence-corrected chi connectivity index (χ2v) is 5.51. The summed E-state index contributed by atoms with van der Waals surface area (Å²) in [4.78, 5) is 13.4. The van der Waals surface area contributed by atoms with Gasteiger partial charge in [-0.1, -0.05) is 0 Å². The second kappa shape index (κ2) is 7.07. The molecule has 0 aromatic heterocycles. The molecule has 1 N–H and O–H groups in total. The predicted molar refractivity (Wildman–Crippen MR) is 70.1 cm³/mol. The Morgan fingerprint density at radius 2 is 1.80 bits per heavy atom. The lowest BCUT2D eigenvalue weighted by atomic mass is 10.2. The van der Waals surface area contributed by atoms with Crippen LogP contribution in [0, 0.1) is 4.91 Å². The third-order valence-electron chi connectivity index (χ3n) is 2.30. The maximum absolute atomic E-state index is 12.5. The summed E-state index contributed by atoms with van der Waals surface area (Å²) in [6.45, 7) is 3.48. The number of hydrogen-bond acceptors (Lipinski definition) is 4. The first-order valence-electron chi connectivity index (χ1n) is 5.86. The third-order valence-corrected chi connectivity index (χ3v) is 4.36. The number of nitrogens with zero attached hydrogens (tertiary/aromatic N) is 3. The number of hydrogen-bond donors (Lipinski definition) is 1. The van der Waals surface area contributed by atoms with E-state index in [0.717, 1.165) is 0 Å². The molecule has 0 aliphatic carbocycles. The van der Waals surface area contributed by atoms with Gasteiger partial charge in [0.1, 0.15) is 0 Å². The quantitative estimate of drug-likeness (QED) is 0.273. The van der Waals surface area contributed by atoms with Gasteiger partial charge in [0.05, 0.1) is 23.7 Å². The molecule has 1 aromatic rings. The highest BCUT2D eigenvalue weighted by Gasteiger charge is 2.41. The van der Waals surface area contributed by atoms with Crippen molar-refractivity contribution in [3.63, 3.8) is 0 Å². The van der Waals surface area contributed by atoms with Crippen molar-refractivity contribution in [2.24, 2.45) is 0 Å². The molecule has 0 bridgehead atoms. The highest BCUT2D eigenvalue weighted by atomic mass is 31.2. The minimum Gasteiger partial charge on any atom is -0.360 e. The van der Waals surface area contributed by atoms with Gasteiger partial charge >= 0.3 is 18.7 Å². The normalized spacial score (nSPS) is 10.9. The van der Waals surface area contributed by atoms with Crippen LogP contribution in [-0.2, 0) is 13.6 Å². The summed E-state index contributed by atoms with van der Waals surface area (Å²) in [5.74, 6) is 0. The van der Waals surface area contributed by atoms with Gasteiger partial charge in [0.25, 0.3) is 4.92 Å². The Bertz CT molecular complexity index is 570. The standard InChI is InChI=1S/C11H15N3O5P/c1-3-18-20(17,19-4-2)11(13-12)9-5-7-10(8-6-9)14(15)16/h5-8H,3-4H2,1-2H3,(H,15,16)/q+1. The van der Waals surface area contributed by atoms with E-state index in [1.54, 1.807) is 13.8 Å². The van der Waals surface area contributed by atoms with E-state index in [4.69, 9.17) is 19.8 Å². The highest BCUT2D eigenvalue weighted by molar-refractivity contribution is 7.72. The molecule has 0 heterocycles. The van der Waals surface area contributed by atoms with E-state index in [2.05, 4.69) is 4.79 Å². The average molecular weight is 300 g/mol. The first-order valence-corrected chi connectivity index (χ1v) is 7.41. The molecule has 20 heavy (non-hydrogen) atoms. The van der Waals surface area contributed by atoms with E-state index >= 15 is 0 Å². The molecular formula is C11H15N3O5P+. The Morgan fingerprint density at radius 3 is 2.15 bits per heavy atom. The van der Waals surface area contributed by atoms with Gasteiger partial charge in [0, 0.05) is 12.1 Å². The van der Waals surface area contributed by atoms with Crippen LogP contribution in [-0.4, -0.2) is 33.6 Å². The van der Waals surface area contributed by atoms with Gasteiger partial charge in [-0.3, -0.25) is 0 Å². The van der Waals surface area contributed by atoms with Gasteiger partial charge in [-0.15, -0.1) is 0 Å². The number of rotatable bonds is 7. The van der Waals surface area contributed by atoms with Crippen LogP contribution in [0.1, 0.15) is 19.4 Å². The largest absolute Gasteiger partial charge is 0.442 e. The summed E-state index contributed by atoms with van der Waals surface area (Å²) in [6, 6.07) is 5.26. The molecule has 0 saturated heterocycles. The first-order chi connectivity index (χ1) is 9.48. The molecule has 0 atom stereocenters. The Labute approximate surface area is 115 Å². The third kappa shape index (κ3) is 3.59. The molecule has 9 heteroatoms. The Kier molecular flexibility index (Phi) is 5.73. The van der Waals surface area contributed by atoms with Crippen LogP contribution < -0.4 is 0 Å². The molecule has 1 aromatic carbocycles. The lowest BCUT2D eigenvalue weighted by Crippen LogP contribution is -2.10. The zero-order valence-electron chi connectivity index (χ0n) is 11.1. The maximum Gasteiger partial charge on any atom is 0.442 e. The summed E-state index contributed by atoms with van der Waals surface area (Å²) < 4.78 is 22.7. The summed E-state index contributed by atoms with van der Waals surface area (Å²) in [5.41, 5.74) is 9.05. The Morgan fingerprint density at radius 1 is 1.30 bits per heavy atom. The lowest BCUT2D eigenvalue weighted by Gasteiger charge is -2.12. The highest BCUT2D eigenvalue weighted by Crippen LogP contribution is 2.50. The molecule has 0 spiro atoms. The van der Waals surface area contributed by atoms with Crippen LogP contribution in [0.3, 0.4) is 0 Å². The lowest BCUT2D eigenvalue weighted by molar-refractivity contribution is -0.729. The smallest absolute Gasteiger partial charge is 0.360 e. The van der Waals surface area contributed by atoms with Crippen molar-refractivity contribution in [2.45, 2.75) is 13.8 Å². The summed E-state index contributed by atoms with van der Waals surface area (Å²) in [6.07, 6.45) is 0. The van der Waals surface area contributed by atoms with E-state index in [9.17, 15) is 9.47 Å². The molecule has 0 saturated carbocycles. The fraction of sp³-hybridized carbons (Fsp3) is 0.364. The van der Waals surface area contributed by atoms with Gasteiger partial charge < -0.3 is 14.6 Å². The molecular weight excluding hydrogens is 285 g/mol. The summed E-state index contributed by atoms with van der Waals surface area (Å²) in [5, 5.41) is 8.73. The molecule has 0 unspecified atom stereocenters. The van der Waals surface area contributed by atoms with E-state index in [1.165, 1.54) is 24.3 Å². The SMILES string of the molecule is CCOP(=O)(OCC)C(=[N+]=[N-])c1ccc([N+](=O)O)cc1. The van der Waals surface area contributed by atoms with Crippen LogP contribution in [0.4, 0.5) is 5.69 Å². The second-order valence-electron chi connectivity index (χ2n) is 3.58. The van der Waals surface area contributed by atoms with Crippen molar-refractivity contribution >= 4 is 18.7 Å². The number of benzene rings is 1. The van der Waals surface area contributed by atoms with E-state index in [1.807, 2.05) is 0 Å². The topological polar surface area (TPSA) is 112 Å². The van der Waals surface area contributed by atoms with Crippen molar-refractivity contribution in [3.8, 4) is 0 Å². The fourth-order valence-corrected chi connectivity index (χ4v) is 3.08. The molecule has 0 aliphatic heterocycles. The zero-order chi connectivity index (χ0) is 15.2. The van der Waals surface area contributed by atoms with Crippen LogP contribution in [0.15, 0.2) is 24.3 Å². The molecule has 0 aliphatic rings. The minimum absolute atomic E-state index is 0.0197. The summed E-state index contributed by atoms with van der Waals surface area (Å²) >= 11 is 0. The van der Waals surface area contributed by atoms with Crippen molar-refractivity contribution in [1.82, 2.24) is 0 Å². The maximum atomic E-state index is 12.5. The van der Waals surface area contributed by atoms with E-state index in [0.29, 0.717) is 0 Å². The first kappa shape index (κ1) is 16.2. The van der Waals surface area contributed by atoms with Gasteiger partial charge in [-0.05, 0) is 26.0 Å². The molecule has 0 amide bonds. The zero-order valence-corrected chi connectivity index (χ0v) is 12.0. The van der Waals surface area contributed by atoms with Crippen molar-refractivity contribution < 1.29 is 28.5 Å². The van der Waals surface area contributed by atoms with Gasteiger partial charge in [0.2, 0.25) is 0 Å². The van der Waals surface area contributed by atoms with Crippen molar-refractivity contribution in [1.29, 1.82) is 0 Å². The Hall–Kier alpha value is -1.85. The van der Waals surface area contributed by atoms with Crippen LogP contribution >= 0.6 is 7.60 Å².